The molecule has 84 valence electrons. The molecule has 0 aromatic rings. The number of carbonyl (C=O) groups excluding carboxylic acids is 2. The summed E-state index contributed by atoms with van der Waals surface area (Å²) in [5.74, 6) is 2.00. The highest BCUT2D eigenvalue weighted by molar-refractivity contribution is 8.00. The maximum atomic E-state index is 10.7. The van der Waals surface area contributed by atoms with E-state index in [1.54, 1.807) is 25.6 Å². The number of aliphatic hydroxyl groups excluding tert-OH is 1. The van der Waals surface area contributed by atoms with Gasteiger partial charge in [0.1, 0.15) is 11.5 Å². The standard InChI is InChI=1S/C6H8O3.C4H6OS/c1-3-5(7)6(8)4(2)9-3;5-4-1-2-6-3-4/h3,8H,1-2H3;1-3H2. The molecule has 2 rings (SSSR count). The minimum atomic E-state index is -0.495. The van der Waals surface area contributed by atoms with Crippen molar-refractivity contribution in [3.8, 4) is 0 Å². The van der Waals surface area contributed by atoms with Crippen LogP contribution in [0.25, 0.3) is 0 Å². The highest BCUT2D eigenvalue weighted by Gasteiger charge is 2.28. The van der Waals surface area contributed by atoms with E-state index in [1.807, 2.05) is 0 Å². The summed E-state index contributed by atoms with van der Waals surface area (Å²) in [6, 6.07) is 0. The van der Waals surface area contributed by atoms with Crippen molar-refractivity contribution in [2.75, 3.05) is 11.5 Å². The molecule has 15 heavy (non-hydrogen) atoms. The van der Waals surface area contributed by atoms with Gasteiger partial charge in [-0.25, -0.2) is 0 Å². The van der Waals surface area contributed by atoms with Crippen LogP contribution < -0.4 is 0 Å². The predicted molar refractivity (Wildman–Crippen MR) is 57.8 cm³/mol. The van der Waals surface area contributed by atoms with Gasteiger partial charge in [0.15, 0.2) is 6.10 Å². The van der Waals surface area contributed by atoms with E-state index in [9.17, 15) is 9.59 Å². The smallest absolute Gasteiger partial charge is 0.240 e. The van der Waals surface area contributed by atoms with Crippen LogP contribution in [0.1, 0.15) is 20.3 Å². The van der Waals surface area contributed by atoms with Crippen LogP contribution >= 0.6 is 11.8 Å². The van der Waals surface area contributed by atoms with Gasteiger partial charge in [0, 0.05) is 12.2 Å². The van der Waals surface area contributed by atoms with Crippen molar-refractivity contribution < 1.29 is 19.4 Å². The van der Waals surface area contributed by atoms with Gasteiger partial charge in [0.2, 0.25) is 11.5 Å². The average Bonchev–Trinajstić information content (AvgIpc) is 2.73. The third-order valence-electron chi connectivity index (χ3n) is 2.08. The van der Waals surface area contributed by atoms with E-state index < -0.39 is 6.10 Å². The molecule has 2 aliphatic heterocycles. The van der Waals surface area contributed by atoms with Crippen LogP contribution in [0.3, 0.4) is 0 Å². The number of allylic oxidation sites excluding steroid dienone is 1. The highest BCUT2D eigenvalue weighted by Crippen LogP contribution is 2.17. The first-order valence-corrected chi connectivity index (χ1v) is 5.88. The van der Waals surface area contributed by atoms with E-state index >= 15 is 0 Å². The van der Waals surface area contributed by atoms with Gasteiger partial charge in [-0.05, 0) is 13.8 Å². The number of ether oxygens (including phenoxy) is 1. The van der Waals surface area contributed by atoms with Crippen molar-refractivity contribution in [2.24, 2.45) is 0 Å². The Hall–Kier alpha value is -0.970. The number of Topliss-reactive ketones (excluding diaryl/α,β-unsaturated/α-hetero) is 2. The Balaban J connectivity index is 0.000000162. The lowest BCUT2D eigenvalue weighted by Gasteiger charge is -1.99. The van der Waals surface area contributed by atoms with Crippen LogP contribution in [0.2, 0.25) is 0 Å². The summed E-state index contributed by atoms with van der Waals surface area (Å²) in [6.45, 7) is 3.17. The molecule has 5 heteroatoms. The molecule has 0 amide bonds. The molecule has 1 unspecified atom stereocenters. The van der Waals surface area contributed by atoms with Crippen molar-refractivity contribution in [1.82, 2.24) is 0 Å². The van der Waals surface area contributed by atoms with Gasteiger partial charge in [0.25, 0.3) is 0 Å². The first-order valence-electron chi connectivity index (χ1n) is 4.72. The third kappa shape index (κ3) is 3.27. The van der Waals surface area contributed by atoms with Gasteiger partial charge >= 0.3 is 0 Å². The first kappa shape index (κ1) is 12.1. The van der Waals surface area contributed by atoms with E-state index in [4.69, 9.17) is 9.84 Å². The number of hydrogen-bond acceptors (Lipinski definition) is 5. The fourth-order valence-corrected chi connectivity index (χ4v) is 2.07. The van der Waals surface area contributed by atoms with Crippen LogP contribution in [0, 0.1) is 0 Å². The normalized spacial score (nSPS) is 25.1. The molecule has 1 atom stereocenters. The van der Waals surface area contributed by atoms with Crippen molar-refractivity contribution in [2.45, 2.75) is 26.4 Å². The summed E-state index contributed by atoms with van der Waals surface area (Å²) in [6.07, 6.45) is 0.315. The molecular weight excluding hydrogens is 216 g/mol. The summed E-state index contributed by atoms with van der Waals surface area (Å²) < 4.78 is 4.87. The van der Waals surface area contributed by atoms with Crippen LogP contribution in [-0.4, -0.2) is 34.3 Å². The summed E-state index contributed by atoms with van der Waals surface area (Å²) in [5, 5.41) is 8.84. The fourth-order valence-electron chi connectivity index (χ4n) is 1.18. The van der Waals surface area contributed by atoms with Gasteiger partial charge < -0.3 is 9.84 Å². The fraction of sp³-hybridized carbons (Fsp3) is 0.600. The average molecular weight is 230 g/mol. The minimum Gasteiger partial charge on any atom is -0.502 e. The molecule has 1 fully saturated rings. The number of rotatable bonds is 0. The molecule has 0 aromatic heterocycles. The van der Waals surface area contributed by atoms with E-state index in [-0.39, 0.29) is 11.5 Å². The van der Waals surface area contributed by atoms with Gasteiger partial charge in [-0.15, -0.1) is 0 Å². The molecule has 4 nitrogen and oxygen atoms in total. The molecule has 1 saturated heterocycles. The van der Waals surface area contributed by atoms with Gasteiger partial charge in [-0.3, -0.25) is 9.59 Å². The third-order valence-corrected chi connectivity index (χ3v) is 3.10. The quantitative estimate of drug-likeness (QED) is 0.682. The summed E-state index contributed by atoms with van der Waals surface area (Å²) in [4.78, 5) is 20.9. The topological polar surface area (TPSA) is 63.6 Å². The Labute approximate surface area is 92.7 Å². The van der Waals surface area contributed by atoms with Crippen molar-refractivity contribution >= 4 is 23.3 Å². The first-order chi connectivity index (χ1) is 7.02. The molecule has 0 bridgehead atoms. The number of aliphatic hydroxyl groups is 1. The predicted octanol–water partition coefficient (Wildman–Crippen LogP) is 1.46. The van der Waals surface area contributed by atoms with Crippen LogP contribution in [0.4, 0.5) is 0 Å². The Kier molecular flexibility index (Phi) is 4.20. The monoisotopic (exact) mass is 230 g/mol. The Morgan fingerprint density at radius 3 is 2.27 bits per heavy atom. The zero-order valence-electron chi connectivity index (χ0n) is 8.78. The second kappa shape index (κ2) is 5.21. The largest absolute Gasteiger partial charge is 0.502 e. The zero-order chi connectivity index (χ0) is 11.4. The van der Waals surface area contributed by atoms with Crippen LogP contribution in [0.5, 0.6) is 0 Å². The van der Waals surface area contributed by atoms with E-state index in [1.165, 1.54) is 0 Å². The SMILES string of the molecule is CC1=C(O)C(=O)C(C)O1.O=C1CCSC1. The molecule has 0 aromatic carbocycles. The van der Waals surface area contributed by atoms with Crippen LogP contribution in [-0.2, 0) is 14.3 Å². The highest BCUT2D eigenvalue weighted by atomic mass is 32.2. The van der Waals surface area contributed by atoms with Crippen LogP contribution in [0.15, 0.2) is 11.5 Å². The van der Waals surface area contributed by atoms with E-state index in [2.05, 4.69) is 0 Å². The minimum absolute atomic E-state index is 0.234. The number of ketones is 2. The second-order valence-corrected chi connectivity index (χ2v) is 4.48. The molecule has 0 radical (unpaired) electrons. The number of carbonyl (C=O) groups is 2. The summed E-state index contributed by atoms with van der Waals surface area (Å²) >= 11 is 1.73. The van der Waals surface area contributed by atoms with E-state index in [0.717, 1.165) is 17.9 Å². The van der Waals surface area contributed by atoms with E-state index in [0.29, 0.717) is 11.5 Å². The molecule has 0 aliphatic carbocycles. The van der Waals surface area contributed by atoms with Crippen molar-refractivity contribution in [1.29, 1.82) is 0 Å². The Morgan fingerprint density at radius 1 is 1.47 bits per heavy atom. The maximum absolute atomic E-state index is 10.7. The summed E-state index contributed by atoms with van der Waals surface area (Å²) in [5.41, 5.74) is 0. The number of hydrogen-bond donors (Lipinski definition) is 1. The lowest BCUT2D eigenvalue weighted by Crippen LogP contribution is -2.12. The Morgan fingerprint density at radius 2 is 2.13 bits per heavy atom. The van der Waals surface area contributed by atoms with Gasteiger partial charge in [-0.1, -0.05) is 0 Å². The number of thioether (sulfide) groups is 1. The van der Waals surface area contributed by atoms with Gasteiger partial charge in [-0.2, -0.15) is 11.8 Å². The second-order valence-electron chi connectivity index (χ2n) is 3.37. The lowest BCUT2D eigenvalue weighted by atomic mass is 10.2. The lowest BCUT2D eigenvalue weighted by molar-refractivity contribution is -0.122. The van der Waals surface area contributed by atoms with Crippen molar-refractivity contribution in [3.05, 3.63) is 11.5 Å². The maximum Gasteiger partial charge on any atom is 0.240 e. The van der Waals surface area contributed by atoms with Gasteiger partial charge in [0.05, 0.1) is 5.75 Å². The Bertz CT molecular complexity index is 301. The molecule has 2 heterocycles. The molecule has 2 aliphatic rings. The molecular formula is C10H14O4S. The van der Waals surface area contributed by atoms with Crippen molar-refractivity contribution in [3.63, 3.8) is 0 Å². The zero-order valence-corrected chi connectivity index (χ0v) is 9.60. The summed E-state index contributed by atoms with van der Waals surface area (Å²) in [7, 11) is 0. The molecule has 1 N–H and O–H groups in total. The molecule has 0 spiro atoms. The molecule has 0 saturated carbocycles.